The van der Waals surface area contributed by atoms with E-state index in [0.717, 1.165) is 0 Å². The fourth-order valence-corrected chi connectivity index (χ4v) is 2.82. The molecule has 1 N–H and O–H groups in total. The molecule has 0 aliphatic heterocycles. The maximum absolute atomic E-state index is 12.7. The van der Waals surface area contributed by atoms with Gasteiger partial charge >= 0.3 is 7.75 Å². The van der Waals surface area contributed by atoms with E-state index in [1.807, 2.05) is 12.1 Å². The lowest BCUT2D eigenvalue weighted by Crippen LogP contribution is -2.18. The normalized spacial score (nSPS) is 10.8. The maximum atomic E-state index is 12.7. The van der Waals surface area contributed by atoms with Gasteiger partial charge in [-0.1, -0.05) is 42.5 Å². The topological polar surface area (TPSA) is 47.6 Å². The third-order valence-electron chi connectivity index (χ3n) is 2.37. The lowest BCUT2D eigenvalue weighted by atomic mass is 10.3. The summed E-state index contributed by atoms with van der Waals surface area (Å²) < 4.78 is 23.7. The van der Waals surface area contributed by atoms with Gasteiger partial charge in [0.1, 0.15) is 11.5 Å². The average Bonchev–Trinajstić information content (AvgIpc) is 2.47. The first kappa shape index (κ1) is 14.4. The fraction of sp³-hybridized carbons (Fsp3) is 0.0667. The molecule has 2 aromatic rings. The van der Waals surface area contributed by atoms with Gasteiger partial charge in [0.05, 0.1) is 0 Å². The Labute approximate surface area is 118 Å². The lowest BCUT2D eigenvalue weighted by molar-refractivity contribution is 0.373. The molecule has 0 amide bonds. The number of rotatable bonds is 7. The van der Waals surface area contributed by atoms with Gasteiger partial charge in [-0.25, -0.2) is 4.57 Å². The van der Waals surface area contributed by atoms with Crippen molar-refractivity contribution in [2.45, 2.75) is 0 Å². The number of nitrogens with one attached hydrogen (secondary N) is 1. The predicted molar refractivity (Wildman–Crippen MR) is 79.9 cm³/mol. The number of hydrogen-bond donors (Lipinski definition) is 1. The quantitative estimate of drug-likeness (QED) is 0.617. The predicted octanol–water partition coefficient (Wildman–Crippen LogP) is 4.03. The van der Waals surface area contributed by atoms with Gasteiger partial charge in [-0.3, -0.25) is 0 Å². The van der Waals surface area contributed by atoms with Gasteiger partial charge in [-0.15, -0.1) is 6.58 Å². The van der Waals surface area contributed by atoms with E-state index in [4.69, 9.17) is 9.05 Å². The molecule has 0 atom stereocenters. The molecule has 20 heavy (non-hydrogen) atoms. The van der Waals surface area contributed by atoms with Gasteiger partial charge in [0.25, 0.3) is 0 Å². The molecular formula is C15H16NO3P. The van der Waals surface area contributed by atoms with Crippen molar-refractivity contribution in [2.75, 3.05) is 6.54 Å². The third-order valence-corrected chi connectivity index (χ3v) is 3.84. The van der Waals surface area contributed by atoms with Crippen molar-refractivity contribution in [1.82, 2.24) is 5.09 Å². The van der Waals surface area contributed by atoms with Crippen LogP contribution in [0.25, 0.3) is 0 Å². The minimum absolute atomic E-state index is 0.316. The molecule has 4 nitrogen and oxygen atoms in total. The van der Waals surface area contributed by atoms with E-state index < -0.39 is 7.75 Å². The van der Waals surface area contributed by atoms with E-state index in [2.05, 4.69) is 11.7 Å². The molecule has 0 aliphatic rings. The molecule has 0 radical (unpaired) electrons. The Bertz CT molecular complexity index is 541. The van der Waals surface area contributed by atoms with Crippen molar-refractivity contribution in [3.63, 3.8) is 0 Å². The van der Waals surface area contributed by atoms with Crippen LogP contribution in [0.3, 0.4) is 0 Å². The SMILES string of the molecule is C=CCNP(=O)(Oc1ccccc1)Oc1ccccc1. The molecule has 5 heteroatoms. The Morgan fingerprint density at radius 2 is 1.40 bits per heavy atom. The van der Waals surface area contributed by atoms with Crippen LogP contribution in [0.1, 0.15) is 0 Å². The smallest absolute Gasteiger partial charge is 0.405 e. The van der Waals surface area contributed by atoms with Gasteiger partial charge in [0.2, 0.25) is 0 Å². The van der Waals surface area contributed by atoms with Crippen LogP contribution in [0.2, 0.25) is 0 Å². The van der Waals surface area contributed by atoms with Gasteiger partial charge in [0, 0.05) is 6.54 Å². The summed E-state index contributed by atoms with van der Waals surface area (Å²) in [5, 5.41) is 2.74. The van der Waals surface area contributed by atoms with Crippen LogP contribution < -0.4 is 14.1 Å². The summed E-state index contributed by atoms with van der Waals surface area (Å²) in [6.07, 6.45) is 1.59. The zero-order chi connectivity index (χ0) is 14.3. The van der Waals surface area contributed by atoms with Crippen LogP contribution in [0, 0.1) is 0 Å². The van der Waals surface area contributed by atoms with E-state index >= 15 is 0 Å². The summed E-state index contributed by atoms with van der Waals surface area (Å²) in [6, 6.07) is 17.8. The third kappa shape index (κ3) is 4.26. The molecule has 0 aliphatic carbocycles. The lowest BCUT2D eigenvalue weighted by Gasteiger charge is -2.19. The van der Waals surface area contributed by atoms with Crippen LogP contribution >= 0.6 is 7.75 Å². The molecule has 0 fully saturated rings. The summed E-state index contributed by atoms with van der Waals surface area (Å²) in [4.78, 5) is 0. The minimum Gasteiger partial charge on any atom is -0.405 e. The second-order valence-corrected chi connectivity index (χ2v) is 5.63. The van der Waals surface area contributed by atoms with Crippen LogP contribution in [0.5, 0.6) is 11.5 Å². The molecule has 2 aromatic carbocycles. The largest absolute Gasteiger partial charge is 0.513 e. The Hall–Kier alpha value is -2.03. The first-order chi connectivity index (χ1) is 9.72. The van der Waals surface area contributed by atoms with E-state index in [9.17, 15) is 4.57 Å². The number of para-hydroxylation sites is 2. The first-order valence-corrected chi connectivity index (χ1v) is 7.71. The summed E-state index contributed by atoms with van der Waals surface area (Å²) >= 11 is 0. The van der Waals surface area contributed by atoms with Crippen molar-refractivity contribution >= 4 is 7.75 Å². The molecule has 0 bridgehead atoms. The Morgan fingerprint density at radius 1 is 0.950 bits per heavy atom. The monoisotopic (exact) mass is 289 g/mol. The highest BCUT2D eigenvalue weighted by Gasteiger charge is 2.27. The van der Waals surface area contributed by atoms with E-state index in [0.29, 0.717) is 18.0 Å². The second-order valence-electron chi connectivity index (χ2n) is 3.96. The molecule has 104 valence electrons. The van der Waals surface area contributed by atoms with Crippen molar-refractivity contribution in [3.05, 3.63) is 73.3 Å². The van der Waals surface area contributed by atoms with E-state index in [1.54, 1.807) is 54.6 Å². The van der Waals surface area contributed by atoms with Gasteiger partial charge in [-0.05, 0) is 24.3 Å². The molecule has 2 rings (SSSR count). The molecule has 0 saturated carbocycles. The summed E-state index contributed by atoms with van der Waals surface area (Å²) in [6.45, 7) is 3.90. The Kier molecular flexibility index (Phi) is 4.99. The van der Waals surface area contributed by atoms with E-state index in [1.165, 1.54) is 0 Å². The summed E-state index contributed by atoms with van der Waals surface area (Å²) in [7, 11) is -3.50. The van der Waals surface area contributed by atoms with Crippen LogP contribution in [0.4, 0.5) is 0 Å². The van der Waals surface area contributed by atoms with E-state index in [-0.39, 0.29) is 0 Å². The zero-order valence-corrected chi connectivity index (χ0v) is 11.8. The highest BCUT2D eigenvalue weighted by Crippen LogP contribution is 2.44. The first-order valence-electron chi connectivity index (χ1n) is 6.17. The highest BCUT2D eigenvalue weighted by molar-refractivity contribution is 7.52. The maximum Gasteiger partial charge on any atom is 0.513 e. The van der Waals surface area contributed by atoms with Gasteiger partial charge in [-0.2, -0.15) is 5.09 Å². The molecule has 0 spiro atoms. The van der Waals surface area contributed by atoms with Crippen molar-refractivity contribution in [2.24, 2.45) is 0 Å². The van der Waals surface area contributed by atoms with Crippen molar-refractivity contribution in [1.29, 1.82) is 0 Å². The molecule has 0 unspecified atom stereocenters. The van der Waals surface area contributed by atoms with Gasteiger partial charge < -0.3 is 9.05 Å². The number of hydrogen-bond acceptors (Lipinski definition) is 3. The molecule has 0 heterocycles. The summed E-state index contributed by atoms with van der Waals surface area (Å²) in [5.41, 5.74) is 0. The van der Waals surface area contributed by atoms with Gasteiger partial charge in [0.15, 0.2) is 0 Å². The second kappa shape index (κ2) is 6.94. The Balaban J connectivity index is 2.16. The average molecular weight is 289 g/mol. The zero-order valence-electron chi connectivity index (χ0n) is 10.9. The number of benzene rings is 2. The Morgan fingerprint density at radius 3 is 1.80 bits per heavy atom. The minimum atomic E-state index is -3.50. The summed E-state index contributed by atoms with van der Waals surface area (Å²) in [5.74, 6) is 0.951. The highest BCUT2D eigenvalue weighted by atomic mass is 31.2. The standard InChI is InChI=1S/C15H16NO3P/c1-2-13-16-20(17,18-14-9-5-3-6-10-14)19-15-11-7-4-8-12-15/h2-12H,1,13H2,(H,16,17). The van der Waals surface area contributed by atoms with Crippen LogP contribution in [0.15, 0.2) is 73.3 Å². The van der Waals surface area contributed by atoms with Crippen molar-refractivity contribution < 1.29 is 13.6 Å². The van der Waals surface area contributed by atoms with Crippen molar-refractivity contribution in [3.8, 4) is 11.5 Å². The van der Waals surface area contributed by atoms with Crippen LogP contribution in [-0.4, -0.2) is 6.54 Å². The molecular weight excluding hydrogens is 273 g/mol. The molecule has 0 saturated heterocycles. The van der Waals surface area contributed by atoms with Crippen LogP contribution in [-0.2, 0) is 4.57 Å². The fourth-order valence-electron chi connectivity index (χ4n) is 1.50. The molecule has 0 aromatic heterocycles.